The molecule has 0 aliphatic carbocycles. The maximum Gasteiger partial charge on any atom is 0.259 e. The highest BCUT2D eigenvalue weighted by Crippen LogP contribution is 2.29. The molecule has 126 valence electrons. The Morgan fingerprint density at radius 3 is 2.81 bits per heavy atom. The summed E-state index contributed by atoms with van der Waals surface area (Å²) in [7, 11) is 0. The molecule has 0 fully saturated rings. The second-order valence-electron chi connectivity index (χ2n) is 6.08. The number of pyridine rings is 1. The van der Waals surface area contributed by atoms with Gasteiger partial charge in [-0.2, -0.15) is 5.26 Å². The van der Waals surface area contributed by atoms with Gasteiger partial charge in [-0.1, -0.05) is 30.3 Å². The van der Waals surface area contributed by atoms with Crippen LogP contribution < -0.4 is 10.2 Å². The van der Waals surface area contributed by atoms with Crippen LogP contribution in [0, 0.1) is 11.3 Å². The Balaban J connectivity index is 1.60. The van der Waals surface area contributed by atoms with Gasteiger partial charge in [-0.05, 0) is 36.2 Å². The standard InChI is InChI=1S/C21H16N4O/c22-12-16-6-1-3-7-19(16)24-18-11-17(13-23-14-18)21(26)25-10-9-15-5-2-4-8-20(15)25/h1-8,11,13-14,24H,9-10H2. The van der Waals surface area contributed by atoms with Crippen LogP contribution in [-0.2, 0) is 6.42 Å². The first kappa shape index (κ1) is 15.9. The summed E-state index contributed by atoms with van der Waals surface area (Å²) in [4.78, 5) is 18.9. The van der Waals surface area contributed by atoms with Gasteiger partial charge in [0, 0.05) is 18.4 Å². The Labute approximate surface area is 151 Å². The lowest BCUT2D eigenvalue weighted by Gasteiger charge is -2.17. The lowest BCUT2D eigenvalue weighted by Crippen LogP contribution is -2.29. The van der Waals surface area contributed by atoms with Crippen LogP contribution in [0.2, 0.25) is 0 Å². The van der Waals surface area contributed by atoms with E-state index >= 15 is 0 Å². The number of benzene rings is 2. The van der Waals surface area contributed by atoms with Gasteiger partial charge >= 0.3 is 0 Å². The highest BCUT2D eigenvalue weighted by Gasteiger charge is 2.25. The van der Waals surface area contributed by atoms with Gasteiger partial charge in [0.25, 0.3) is 5.91 Å². The molecule has 2 heterocycles. The lowest BCUT2D eigenvalue weighted by molar-refractivity contribution is 0.0989. The van der Waals surface area contributed by atoms with Crippen LogP contribution in [0.25, 0.3) is 0 Å². The van der Waals surface area contributed by atoms with Crippen molar-refractivity contribution in [2.75, 3.05) is 16.8 Å². The Hall–Kier alpha value is -3.65. The summed E-state index contributed by atoms with van der Waals surface area (Å²) in [5, 5.41) is 12.4. The lowest BCUT2D eigenvalue weighted by atomic mass is 10.1. The van der Waals surface area contributed by atoms with E-state index in [2.05, 4.69) is 22.4 Å². The first-order valence-corrected chi connectivity index (χ1v) is 8.37. The van der Waals surface area contributed by atoms with E-state index < -0.39 is 0 Å². The zero-order chi connectivity index (χ0) is 17.9. The molecule has 0 saturated carbocycles. The van der Waals surface area contributed by atoms with Crippen molar-refractivity contribution in [1.82, 2.24) is 4.98 Å². The molecule has 1 aliphatic rings. The second-order valence-corrected chi connectivity index (χ2v) is 6.08. The van der Waals surface area contributed by atoms with Gasteiger partial charge < -0.3 is 10.2 Å². The topological polar surface area (TPSA) is 69.0 Å². The third-order valence-corrected chi connectivity index (χ3v) is 4.44. The van der Waals surface area contributed by atoms with Crippen LogP contribution in [0.5, 0.6) is 0 Å². The zero-order valence-corrected chi connectivity index (χ0v) is 14.0. The summed E-state index contributed by atoms with van der Waals surface area (Å²) >= 11 is 0. The number of nitrogens with zero attached hydrogens (tertiary/aromatic N) is 3. The van der Waals surface area contributed by atoms with Crippen molar-refractivity contribution in [1.29, 1.82) is 5.26 Å². The van der Waals surface area contributed by atoms with E-state index in [9.17, 15) is 10.1 Å². The predicted molar refractivity (Wildman–Crippen MR) is 100 cm³/mol. The van der Waals surface area contributed by atoms with Crippen molar-refractivity contribution in [3.05, 3.63) is 83.7 Å². The maximum absolute atomic E-state index is 12.9. The number of rotatable bonds is 3. The number of hydrogen-bond donors (Lipinski definition) is 1. The SMILES string of the molecule is N#Cc1ccccc1Nc1cncc(C(=O)N2CCc3ccccc32)c1. The minimum absolute atomic E-state index is 0.0698. The van der Waals surface area contributed by atoms with Gasteiger partial charge in [-0.3, -0.25) is 9.78 Å². The van der Waals surface area contributed by atoms with Gasteiger partial charge in [0.2, 0.25) is 0 Å². The summed E-state index contributed by atoms with van der Waals surface area (Å²) in [5.41, 5.74) is 4.56. The molecule has 0 atom stereocenters. The molecule has 1 aromatic heterocycles. The van der Waals surface area contributed by atoms with Crippen LogP contribution in [-0.4, -0.2) is 17.4 Å². The first-order chi connectivity index (χ1) is 12.8. The zero-order valence-electron chi connectivity index (χ0n) is 14.0. The number of fused-ring (bicyclic) bond motifs is 1. The summed E-state index contributed by atoms with van der Waals surface area (Å²) in [6.07, 6.45) is 4.08. The van der Waals surface area contributed by atoms with Crippen LogP contribution in [0.1, 0.15) is 21.5 Å². The van der Waals surface area contributed by atoms with Gasteiger partial charge in [0.05, 0.1) is 28.7 Å². The molecule has 4 rings (SSSR count). The highest BCUT2D eigenvalue weighted by molar-refractivity contribution is 6.07. The van der Waals surface area contributed by atoms with E-state index in [1.165, 1.54) is 5.56 Å². The molecular formula is C21H16N4O. The van der Waals surface area contributed by atoms with Gasteiger partial charge in [0.15, 0.2) is 0 Å². The molecule has 5 heteroatoms. The van der Waals surface area contributed by atoms with E-state index in [0.717, 1.165) is 12.1 Å². The second kappa shape index (κ2) is 6.69. The molecule has 0 spiro atoms. The number of nitrogens with one attached hydrogen (secondary N) is 1. The maximum atomic E-state index is 12.9. The number of anilines is 3. The van der Waals surface area contributed by atoms with Crippen molar-refractivity contribution >= 4 is 23.0 Å². The Morgan fingerprint density at radius 1 is 1.12 bits per heavy atom. The van der Waals surface area contributed by atoms with Gasteiger partial charge in [0.1, 0.15) is 6.07 Å². The minimum Gasteiger partial charge on any atom is -0.353 e. The molecule has 0 radical (unpaired) electrons. The molecule has 0 bridgehead atoms. The van der Waals surface area contributed by atoms with E-state index in [1.54, 1.807) is 29.4 Å². The fourth-order valence-electron chi connectivity index (χ4n) is 3.18. The van der Waals surface area contributed by atoms with E-state index in [-0.39, 0.29) is 5.91 Å². The molecule has 0 unspecified atom stereocenters. The van der Waals surface area contributed by atoms with Crippen LogP contribution >= 0.6 is 0 Å². The van der Waals surface area contributed by atoms with Crippen molar-refractivity contribution in [3.63, 3.8) is 0 Å². The molecule has 1 N–H and O–H groups in total. The molecule has 26 heavy (non-hydrogen) atoms. The monoisotopic (exact) mass is 340 g/mol. The quantitative estimate of drug-likeness (QED) is 0.785. The number of nitriles is 1. The fraction of sp³-hybridized carbons (Fsp3) is 0.0952. The minimum atomic E-state index is -0.0698. The Bertz CT molecular complexity index is 1020. The Kier molecular flexibility index (Phi) is 4.08. The third kappa shape index (κ3) is 2.89. The summed E-state index contributed by atoms with van der Waals surface area (Å²) in [5.74, 6) is -0.0698. The number of amides is 1. The molecule has 0 saturated heterocycles. The first-order valence-electron chi connectivity index (χ1n) is 8.37. The molecule has 2 aromatic carbocycles. The van der Waals surface area contributed by atoms with Crippen molar-refractivity contribution in [2.45, 2.75) is 6.42 Å². The average Bonchev–Trinajstić information content (AvgIpc) is 3.12. The summed E-state index contributed by atoms with van der Waals surface area (Å²) in [6.45, 7) is 0.674. The molecule has 1 amide bonds. The van der Waals surface area contributed by atoms with Gasteiger partial charge in [-0.15, -0.1) is 0 Å². The number of para-hydroxylation sites is 2. The van der Waals surface area contributed by atoms with Crippen LogP contribution in [0.15, 0.2) is 67.0 Å². The molecular weight excluding hydrogens is 324 g/mol. The number of hydrogen-bond acceptors (Lipinski definition) is 4. The Morgan fingerprint density at radius 2 is 1.92 bits per heavy atom. The van der Waals surface area contributed by atoms with Crippen molar-refractivity contribution in [3.8, 4) is 6.07 Å². The number of aromatic nitrogens is 1. The van der Waals surface area contributed by atoms with Crippen LogP contribution in [0.4, 0.5) is 17.1 Å². The number of carbonyl (C=O) groups excluding carboxylic acids is 1. The smallest absolute Gasteiger partial charge is 0.259 e. The summed E-state index contributed by atoms with van der Waals surface area (Å²) in [6, 6.07) is 19.1. The highest BCUT2D eigenvalue weighted by atomic mass is 16.2. The summed E-state index contributed by atoms with van der Waals surface area (Å²) < 4.78 is 0. The number of carbonyl (C=O) groups is 1. The van der Waals surface area contributed by atoms with E-state index in [4.69, 9.17) is 0 Å². The molecule has 5 nitrogen and oxygen atoms in total. The molecule has 3 aromatic rings. The van der Waals surface area contributed by atoms with Gasteiger partial charge in [-0.25, -0.2) is 0 Å². The van der Waals surface area contributed by atoms with Crippen molar-refractivity contribution < 1.29 is 4.79 Å². The fourth-order valence-corrected chi connectivity index (χ4v) is 3.18. The average molecular weight is 340 g/mol. The van der Waals surface area contributed by atoms with Crippen molar-refractivity contribution in [2.24, 2.45) is 0 Å². The predicted octanol–water partition coefficient (Wildman–Crippen LogP) is 3.90. The van der Waals surface area contributed by atoms with E-state index in [0.29, 0.717) is 29.0 Å². The largest absolute Gasteiger partial charge is 0.353 e. The van der Waals surface area contributed by atoms with Crippen LogP contribution in [0.3, 0.4) is 0 Å². The normalized spacial score (nSPS) is 12.3. The molecule has 1 aliphatic heterocycles. The van der Waals surface area contributed by atoms with E-state index in [1.807, 2.05) is 36.4 Å². The third-order valence-electron chi connectivity index (χ3n) is 4.44.